The van der Waals surface area contributed by atoms with Gasteiger partial charge in [0.2, 0.25) is 0 Å². The molecule has 5 heteroatoms. The van der Waals surface area contributed by atoms with Crippen LogP contribution in [0.25, 0.3) is 0 Å². The number of halogens is 1. The number of ether oxygens (including phenoxy) is 2. The Hall–Kier alpha value is -0.393. The van der Waals surface area contributed by atoms with E-state index in [1.807, 2.05) is 12.1 Å². The van der Waals surface area contributed by atoms with Gasteiger partial charge in [0, 0.05) is 17.7 Å². The molecule has 23 heavy (non-hydrogen) atoms. The molecule has 0 unspecified atom stereocenters. The van der Waals surface area contributed by atoms with Crippen molar-refractivity contribution < 1.29 is 13.9 Å². The first kappa shape index (κ1) is 18.9. The van der Waals surface area contributed by atoms with Crippen molar-refractivity contribution in [1.29, 1.82) is 0 Å². The zero-order valence-corrected chi connectivity index (χ0v) is 16.9. The van der Waals surface area contributed by atoms with Gasteiger partial charge in [-0.15, -0.1) is 0 Å². The molecular weight excluding hydrogens is 328 g/mol. The lowest BCUT2D eigenvalue weighted by Gasteiger charge is -2.43. The summed E-state index contributed by atoms with van der Waals surface area (Å²) in [5.74, 6) is 0. The van der Waals surface area contributed by atoms with Gasteiger partial charge in [-0.2, -0.15) is 0 Å². The highest BCUT2D eigenvalue weighted by atomic mass is 35.5. The highest BCUT2D eigenvalue weighted by Gasteiger charge is 2.43. The van der Waals surface area contributed by atoms with E-state index in [2.05, 4.69) is 39.9 Å². The number of aryl methyl sites for hydroxylation is 1. The van der Waals surface area contributed by atoms with Crippen LogP contribution in [0.15, 0.2) is 18.2 Å². The number of fused-ring (bicyclic) bond motifs is 1. The summed E-state index contributed by atoms with van der Waals surface area (Å²) in [7, 11) is -0.237. The number of benzene rings is 1. The van der Waals surface area contributed by atoms with E-state index in [1.54, 1.807) is 7.11 Å². The SMILES string of the molecule is COCO[C@H]1c2c(Cl)cccc2CC[C@H]1O[Si](C)(C)C(C)(C)C. The average molecular weight is 357 g/mol. The Bertz CT molecular complexity index is 540. The lowest BCUT2D eigenvalue weighted by Crippen LogP contribution is -2.46. The first-order chi connectivity index (χ1) is 10.7. The molecule has 130 valence electrons. The maximum Gasteiger partial charge on any atom is 0.192 e. The summed E-state index contributed by atoms with van der Waals surface area (Å²) in [4.78, 5) is 0. The van der Waals surface area contributed by atoms with Crippen LogP contribution in [0.1, 0.15) is 44.4 Å². The van der Waals surface area contributed by atoms with Gasteiger partial charge in [0.05, 0.1) is 6.10 Å². The van der Waals surface area contributed by atoms with Gasteiger partial charge in [-0.1, -0.05) is 44.5 Å². The van der Waals surface area contributed by atoms with Crippen molar-refractivity contribution in [3.05, 3.63) is 34.3 Å². The van der Waals surface area contributed by atoms with Crippen LogP contribution in [0.2, 0.25) is 23.2 Å². The van der Waals surface area contributed by atoms with E-state index in [1.165, 1.54) is 5.56 Å². The molecular formula is C18H29ClO3Si. The number of rotatable bonds is 5. The van der Waals surface area contributed by atoms with Gasteiger partial charge >= 0.3 is 0 Å². The fourth-order valence-electron chi connectivity index (χ4n) is 2.76. The van der Waals surface area contributed by atoms with Gasteiger partial charge < -0.3 is 13.9 Å². The molecule has 1 aromatic carbocycles. The molecule has 0 aromatic heterocycles. The zero-order chi connectivity index (χ0) is 17.3. The van der Waals surface area contributed by atoms with Crippen molar-refractivity contribution in [1.82, 2.24) is 0 Å². The molecule has 0 amide bonds. The quantitative estimate of drug-likeness (QED) is 0.526. The van der Waals surface area contributed by atoms with E-state index >= 15 is 0 Å². The zero-order valence-electron chi connectivity index (χ0n) is 15.1. The van der Waals surface area contributed by atoms with Crippen molar-refractivity contribution in [2.45, 2.75) is 64.0 Å². The van der Waals surface area contributed by atoms with Crippen LogP contribution in [0.5, 0.6) is 0 Å². The van der Waals surface area contributed by atoms with Gasteiger partial charge in [0.25, 0.3) is 0 Å². The lowest BCUT2D eigenvalue weighted by molar-refractivity contribution is -0.115. The second-order valence-corrected chi connectivity index (χ2v) is 12.9. The highest BCUT2D eigenvalue weighted by Crippen LogP contribution is 2.44. The summed E-state index contributed by atoms with van der Waals surface area (Å²) in [6, 6.07) is 6.06. The first-order valence-corrected chi connectivity index (χ1v) is 11.5. The van der Waals surface area contributed by atoms with E-state index in [0.29, 0.717) is 0 Å². The number of hydrogen-bond donors (Lipinski definition) is 0. The Morgan fingerprint density at radius 3 is 2.57 bits per heavy atom. The van der Waals surface area contributed by atoms with Crippen molar-refractivity contribution in [2.75, 3.05) is 13.9 Å². The molecule has 2 rings (SSSR count). The minimum Gasteiger partial charge on any atom is -0.411 e. The Balaban J connectivity index is 2.31. The molecule has 0 saturated carbocycles. The predicted molar refractivity (Wildman–Crippen MR) is 97.5 cm³/mol. The summed E-state index contributed by atoms with van der Waals surface area (Å²) < 4.78 is 17.8. The molecule has 0 N–H and O–H groups in total. The maximum atomic E-state index is 6.66. The molecule has 1 aliphatic rings. The van der Waals surface area contributed by atoms with Gasteiger partial charge in [0.1, 0.15) is 12.9 Å². The molecule has 3 nitrogen and oxygen atoms in total. The van der Waals surface area contributed by atoms with Crippen LogP contribution in [-0.2, 0) is 20.3 Å². The lowest BCUT2D eigenvalue weighted by atomic mass is 9.87. The van der Waals surface area contributed by atoms with Crippen LogP contribution < -0.4 is 0 Å². The smallest absolute Gasteiger partial charge is 0.192 e. The predicted octanol–water partition coefficient (Wildman–Crippen LogP) is 5.34. The molecule has 2 atom stereocenters. The van der Waals surface area contributed by atoms with Gasteiger partial charge in [0.15, 0.2) is 8.32 Å². The fourth-order valence-corrected chi connectivity index (χ4v) is 4.41. The third-order valence-electron chi connectivity index (χ3n) is 5.08. The van der Waals surface area contributed by atoms with E-state index in [-0.39, 0.29) is 24.0 Å². The number of methoxy groups -OCH3 is 1. The Morgan fingerprint density at radius 1 is 1.26 bits per heavy atom. The van der Waals surface area contributed by atoms with E-state index in [9.17, 15) is 0 Å². The Kier molecular flexibility index (Phi) is 5.96. The van der Waals surface area contributed by atoms with Crippen molar-refractivity contribution >= 4 is 19.9 Å². The van der Waals surface area contributed by atoms with Crippen molar-refractivity contribution in [2.24, 2.45) is 0 Å². The standard InChI is InChI=1S/C18H29ClO3Si/c1-18(2,3)23(5,6)22-15-11-10-13-8-7-9-14(19)16(13)17(15)21-12-20-4/h7-9,15,17H,10-12H2,1-6H3/t15-,17-/m1/s1. The van der Waals surface area contributed by atoms with Gasteiger partial charge in [-0.25, -0.2) is 0 Å². The molecule has 1 aliphatic carbocycles. The third kappa shape index (κ3) is 4.17. The third-order valence-corrected chi connectivity index (χ3v) is 9.92. The second kappa shape index (κ2) is 7.24. The van der Waals surface area contributed by atoms with Crippen LogP contribution >= 0.6 is 11.6 Å². The van der Waals surface area contributed by atoms with Gasteiger partial charge in [-0.3, -0.25) is 0 Å². The maximum absolute atomic E-state index is 6.66. The minimum atomic E-state index is -1.88. The summed E-state index contributed by atoms with van der Waals surface area (Å²) in [6.45, 7) is 11.6. The molecule has 0 radical (unpaired) electrons. The average Bonchev–Trinajstić information content (AvgIpc) is 2.45. The summed E-state index contributed by atoms with van der Waals surface area (Å²) in [6.07, 6.45) is 1.79. The Morgan fingerprint density at radius 2 is 1.96 bits per heavy atom. The monoisotopic (exact) mass is 356 g/mol. The van der Waals surface area contributed by atoms with Crippen LogP contribution in [0.4, 0.5) is 0 Å². The first-order valence-electron chi connectivity index (χ1n) is 8.23. The summed E-state index contributed by atoms with van der Waals surface area (Å²) in [5.41, 5.74) is 2.33. The van der Waals surface area contributed by atoms with E-state index in [4.69, 9.17) is 25.5 Å². The second-order valence-electron chi connectivity index (χ2n) is 7.76. The molecule has 0 fully saturated rings. The largest absolute Gasteiger partial charge is 0.411 e. The number of hydrogen-bond acceptors (Lipinski definition) is 3. The van der Waals surface area contributed by atoms with Crippen molar-refractivity contribution in [3.8, 4) is 0 Å². The van der Waals surface area contributed by atoms with Crippen molar-refractivity contribution in [3.63, 3.8) is 0 Å². The molecule has 0 spiro atoms. The molecule has 0 bridgehead atoms. The van der Waals surface area contributed by atoms with Gasteiger partial charge in [-0.05, 0) is 42.6 Å². The molecule has 1 aromatic rings. The molecule has 0 heterocycles. The Labute approximate surface area is 146 Å². The summed E-state index contributed by atoms with van der Waals surface area (Å²) >= 11 is 6.48. The minimum absolute atomic E-state index is 0.0263. The van der Waals surface area contributed by atoms with Crippen LogP contribution in [0.3, 0.4) is 0 Å². The van der Waals surface area contributed by atoms with Crippen LogP contribution in [0, 0.1) is 0 Å². The normalized spacial score (nSPS) is 22.0. The highest BCUT2D eigenvalue weighted by molar-refractivity contribution is 6.74. The fraction of sp³-hybridized carbons (Fsp3) is 0.667. The summed E-state index contributed by atoms with van der Waals surface area (Å²) in [5, 5.41) is 0.923. The topological polar surface area (TPSA) is 27.7 Å². The molecule has 0 aliphatic heterocycles. The van der Waals surface area contributed by atoms with E-state index < -0.39 is 8.32 Å². The van der Waals surface area contributed by atoms with Crippen LogP contribution in [-0.4, -0.2) is 28.3 Å². The molecule has 0 saturated heterocycles. The van der Waals surface area contributed by atoms with E-state index in [0.717, 1.165) is 23.4 Å².